The summed E-state index contributed by atoms with van der Waals surface area (Å²) < 4.78 is 23.9. The highest BCUT2D eigenvalue weighted by atomic mass is 16.7. The van der Waals surface area contributed by atoms with Gasteiger partial charge in [0.15, 0.2) is 18.4 Å². The summed E-state index contributed by atoms with van der Waals surface area (Å²) in [6, 6.07) is 6.20. The van der Waals surface area contributed by atoms with Crippen molar-refractivity contribution in [3.8, 4) is 5.75 Å². The van der Waals surface area contributed by atoms with Gasteiger partial charge in [-0.25, -0.2) is 0 Å². The highest BCUT2D eigenvalue weighted by molar-refractivity contribution is 6.01. The van der Waals surface area contributed by atoms with E-state index in [1.807, 2.05) is 12.1 Å². The van der Waals surface area contributed by atoms with Crippen molar-refractivity contribution in [2.45, 2.75) is 89.8 Å². The summed E-state index contributed by atoms with van der Waals surface area (Å²) in [5.41, 5.74) is 2.26. The normalized spacial score (nSPS) is 43.1. The minimum Gasteiger partial charge on any atom is -0.465 e. The molecule has 2 saturated heterocycles. The van der Waals surface area contributed by atoms with Crippen LogP contribution in [0.15, 0.2) is 18.2 Å². The van der Waals surface area contributed by atoms with Gasteiger partial charge in [-0.1, -0.05) is 19.9 Å². The van der Waals surface area contributed by atoms with Crippen molar-refractivity contribution in [2.75, 3.05) is 13.2 Å². The number of carbonyl (C=O) groups is 1. The molecule has 0 N–H and O–H groups in total. The second kappa shape index (κ2) is 8.11. The van der Waals surface area contributed by atoms with Crippen LogP contribution in [0.5, 0.6) is 5.75 Å². The quantitative estimate of drug-likeness (QED) is 0.622. The highest BCUT2D eigenvalue weighted by Gasteiger charge is 2.58. The van der Waals surface area contributed by atoms with E-state index < -0.39 is 0 Å². The third-order valence-electron chi connectivity index (χ3n) is 9.29. The second-order valence-electron chi connectivity index (χ2n) is 10.9. The molecule has 8 atom stereocenters. The Balaban J connectivity index is 1.26. The number of carbonyl (C=O) groups excluding carboxylic acids is 1. The molecular weight excluding hydrogens is 404 g/mol. The van der Waals surface area contributed by atoms with Crippen LogP contribution in [0.4, 0.5) is 0 Å². The molecule has 2 heterocycles. The van der Waals surface area contributed by atoms with Gasteiger partial charge in [0.05, 0.1) is 12.7 Å². The lowest BCUT2D eigenvalue weighted by Crippen LogP contribution is -2.49. The minimum atomic E-state index is -0.174. The molecule has 1 aromatic carbocycles. The fourth-order valence-electron chi connectivity index (χ4n) is 7.63. The summed E-state index contributed by atoms with van der Waals surface area (Å²) in [5, 5.41) is 0. The third kappa shape index (κ3) is 3.35. The monoisotopic (exact) mass is 440 g/mol. The molecule has 2 saturated carbocycles. The maximum absolute atomic E-state index is 13.6. The van der Waals surface area contributed by atoms with Crippen LogP contribution < -0.4 is 4.74 Å². The Morgan fingerprint density at radius 1 is 1.00 bits per heavy atom. The van der Waals surface area contributed by atoms with Crippen LogP contribution in [-0.2, 0) is 14.2 Å². The van der Waals surface area contributed by atoms with E-state index in [2.05, 4.69) is 19.9 Å². The first-order valence-electron chi connectivity index (χ1n) is 12.8. The van der Waals surface area contributed by atoms with Gasteiger partial charge < -0.3 is 18.9 Å². The van der Waals surface area contributed by atoms with Gasteiger partial charge in [0, 0.05) is 30.9 Å². The molecule has 32 heavy (non-hydrogen) atoms. The number of rotatable bonds is 4. The number of fused-ring (bicyclic) bond motifs is 5. The van der Waals surface area contributed by atoms with E-state index in [1.54, 1.807) is 0 Å². The van der Waals surface area contributed by atoms with E-state index in [0.717, 1.165) is 75.9 Å². The molecule has 5 nitrogen and oxygen atoms in total. The first kappa shape index (κ1) is 21.1. The molecule has 0 amide bonds. The second-order valence-corrected chi connectivity index (χ2v) is 10.9. The lowest BCUT2D eigenvalue weighted by Gasteiger charge is -2.52. The molecule has 1 aromatic rings. The third-order valence-corrected chi connectivity index (χ3v) is 9.29. The van der Waals surface area contributed by atoms with Crippen molar-refractivity contribution in [3.63, 3.8) is 0 Å². The lowest BCUT2D eigenvalue weighted by atomic mass is 9.52. The number of hydrogen-bond acceptors (Lipinski definition) is 5. The molecule has 2 aliphatic heterocycles. The molecule has 2 unspecified atom stereocenters. The number of hydrogen-bond donors (Lipinski definition) is 0. The van der Waals surface area contributed by atoms with Gasteiger partial charge in [0.2, 0.25) is 0 Å². The van der Waals surface area contributed by atoms with Crippen molar-refractivity contribution < 1.29 is 23.7 Å². The standard InChI is InChI=1S/C27H36O5/c1-16-25-19(11-12-27(2)21(25)9-10-22(27)32-24-6-4-14-30-24)18-8-7-17(15-20(18)26(16)28)31-23-5-3-13-29-23/h7-8,15-16,19,21-25H,3-6,9-14H2,1-2H3/t16-,19+,21-,22-,23?,24?,25+,27-/m0/s1. The summed E-state index contributed by atoms with van der Waals surface area (Å²) in [5.74, 6) is 2.47. The molecule has 0 bridgehead atoms. The van der Waals surface area contributed by atoms with Crippen LogP contribution in [-0.4, -0.2) is 37.7 Å². The molecule has 6 rings (SSSR count). The van der Waals surface area contributed by atoms with Gasteiger partial charge in [-0.05, 0) is 79.4 Å². The van der Waals surface area contributed by atoms with Gasteiger partial charge in [-0.15, -0.1) is 0 Å². The van der Waals surface area contributed by atoms with Crippen molar-refractivity contribution in [1.82, 2.24) is 0 Å². The largest absolute Gasteiger partial charge is 0.465 e. The van der Waals surface area contributed by atoms with E-state index in [-0.39, 0.29) is 35.8 Å². The zero-order valence-electron chi connectivity index (χ0n) is 19.4. The van der Waals surface area contributed by atoms with Crippen LogP contribution >= 0.6 is 0 Å². The van der Waals surface area contributed by atoms with Gasteiger partial charge in [-0.2, -0.15) is 0 Å². The molecule has 174 valence electrons. The highest BCUT2D eigenvalue weighted by Crippen LogP contribution is 2.63. The Bertz CT molecular complexity index is 871. The summed E-state index contributed by atoms with van der Waals surface area (Å²) >= 11 is 0. The molecule has 5 heteroatoms. The molecule has 0 aromatic heterocycles. The summed E-state index contributed by atoms with van der Waals surface area (Å²) in [4.78, 5) is 13.6. The number of ketones is 1. The van der Waals surface area contributed by atoms with Crippen LogP contribution in [0.2, 0.25) is 0 Å². The van der Waals surface area contributed by atoms with E-state index in [9.17, 15) is 4.79 Å². The fourth-order valence-corrected chi connectivity index (χ4v) is 7.63. The van der Waals surface area contributed by atoms with Gasteiger partial charge >= 0.3 is 0 Å². The van der Waals surface area contributed by atoms with Crippen LogP contribution in [0.3, 0.4) is 0 Å². The zero-order valence-corrected chi connectivity index (χ0v) is 19.4. The number of Topliss-reactive ketones (excluding diaryl/α,β-unsaturated/α-hetero) is 1. The minimum absolute atomic E-state index is 0.0262. The van der Waals surface area contributed by atoms with E-state index in [1.165, 1.54) is 5.56 Å². The zero-order chi connectivity index (χ0) is 21.9. The molecular formula is C27H36O5. The van der Waals surface area contributed by atoms with E-state index in [4.69, 9.17) is 18.9 Å². The Morgan fingerprint density at radius 2 is 1.78 bits per heavy atom. The number of ether oxygens (including phenoxy) is 4. The Morgan fingerprint density at radius 3 is 2.53 bits per heavy atom. The van der Waals surface area contributed by atoms with Crippen molar-refractivity contribution >= 4 is 5.78 Å². The molecule has 0 radical (unpaired) electrons. The molecule has 4 fully saturated rings. The van der Waals surface area contributed by atoms with Crippen LogP contribution in [0, 0.1) is 23.2 Å². The average molecular weight is 441 g/mol. The Labute approximate surface area is 191 Å². The lowest BCUT2D eigenvalue weighted by molar-refractivity contribution is -0.179. The predicted molar refractivity (Wildman–Crippen MR) is 120 cm³/mol. The van der Waals surface area contributed by atoms with Crippen LogP contribution in [0.25, 0.3) is 0 Å². The molecule has 3 aliphatic carbocycles. The Hall–Kier alpha value is -1.43. The molecule has 0 spiro atoms. The van der Waals surface area contributed by atoms with Crippen LogP contribution in [0.1, 0.15) is 87.1 Å². The predicted octanol–water partition coefficient (Wildman–Crippen LogP) is 5.47. The SMILES string of the molecule is C[C@@H]1C(=O)c2cc(OC3CCCO3)ccc2[C@H]2CC[C@]3(C)[C@@H](OC4CCCO4)CC[C@H]3[C@H]12. The topological polar surface area (TPSA) is 54.0 Å². The Kier molecular flexibility index (Phi) is 5.35. The summed E-state index contributed by atoms with van der Waals surface area (Å²) in [6.45, 7) is 6.17. The number of benzene rings is 1. The first-order chi connectivity index (χ1) is 15.5. The average Bonchev–Trinajstić information content (AvgIpc) is 3.55. The van der Waals surface area contributed by atoms with Crippen molar-refractivity contribution in [3.05, 3.63) is 29.3 Å². The van der Waals surface area contributed by atoms with Gasteiger partial charge in [0.1, 0.15) is 5.75 Å². The first-order valence-corrected chi connectivity index (χ1v) is 12.8. The maximum atomic E-state index is 13.6. The summed E-state index contributed by atoms with van der Waals surface area (Å²) in [7, 11) is 0. The van der Waals surface area contributed by atoms with E-state index in [0.29, 0.717) is 17.8 Å². The van der Waals surface area contributed by atoms with E-state index >= 15 is 0 Å². The molecule has 5 aliphatic rings. The van der Waals surface area contributed by atoms with Gasteiger partial charge in [-0.3, -0.25) is 4.79 Å². The van der Waals surface area contributed by atoms with Crippen molar-refractivity contribution in [1.29, 1.82) is 0 Å². The van der Waals surface area contributed by atoms with Crippen molar-refractivity contribution in [2.24, 2.45) is 23.2 Å². The maximum Gasteiger partial charge on any atom is 0.199 e. The smallest absolute Gasteiger partial charge is 0.199 e. The summed E-state index contributed by atoms with van der Waals surface area (Å²) in [6.07, 6.45) is 8.65. The van der Waals surface area contributed by atoms with Gasteiger partial charge in [0.25, 0.3) is 0 Å². The fraction of sp³-hybridized carbons (Fsp3) is 0.741.